The van der Waals surface area contributed by atoms with E-state index in [1.54, 1.807) is 0 Å². The summed E-state index contributed by atoms with van der Waals surface area (Å²) < 4.78 is 10.4. The molecule has 2 aromatic carbocycles. The molecule has 1 N–H and O–H groups in total. The molecule has 0 aromatic heterocycles. The Balaban J connectivity index is 1.63. The molecule has 1 amide bonds. The van der Waals surface area contributed by atoms with E-state index < -0.39 is 5.97 Å². The molecule has 126 valence electrons. The van der Waals surface area contributed by atoms with Gasteiger partial charge in [0.1, 0.15) is 5.75 Å². The van der Waals surface area contributed by atoms with E-state index in [0.29, 0.717) is 5.75 Å². The minimum absolute atomic E-state index is 0.0937. The summed E-state index contributed by atoms with van der Waals surface area (Å²) in [6, 6.07) is 18.7. The number of nitrogens with one attached hydrogen (secondary N) is 1. The van der Waals surface area contributed by atoms with Crippen LogP contribution in [0.3, 0.4) is 0 Å². The first-order valence-electron chi connectivity index (χ1n) is 7.83. The fourth-order valence-corrected chi connectivity index (χ4v) is 2.10. The van der Waals surface area contributed by atoms with E-state index in [9.17, 15) is 9.59 Å². The summed E-state index contributed by atoms with van der Waals surface area (Å²) >= 11 is 0. The van der Waals surface area contributed by atoms with Gasteiger partial charge in [0.15, 0.2) is 6.61 Å². The largest absolute Gasteiger partial charge is 0.493 e. The summed E-state index contributed by atoms with van der Waals surface area (Å²) in [4.78, 5) is 23.4. The summed E-state index contributed by atoms with van der Waals surface area (Å²) in [7, 11) is 0. The van der Waals surface area contributed by atoms with Gasteiger partial charge in [-0.2, -0.15) is 0 Å². The number of hydrogen-bond donors (Lipinski definition) is 1. The van der Waals surface area contributed by atoms with Crippen molar-refractivity contribution < 1.29 is 19.1 Å². The van der Waals surface area contributed by atoms with Crippen LogP contribution < -0.4 is 10.1 Å². The summed E-state index contributed by atoms with van der Waals surface area (Å²) in [5.74, 6) is -0.100. The van der Waals surface area contributed by atoms with Crippen LogP contribution in [0.4, 0.5) is 0 Å². The molecule has 0 unspecified atom stereocenters. The molecule has 0 fully saturated rings. The Morgan fingerprint density at radius 1 is 1.00 bits per heavy atom. The Kier molecular flexibility index (Phi) is 6.83. The lowest BCUT2D eigenvalue weighted by molar-refractivity contribution is -0.149. The smallest absolute Gasteiger partial charge is 0.309 e. The molecule has 0 bridgehead atoms. The molecule has 2 aromatic rings. The zero-order valence-corrected chi connectivity index (χ0v) is 13.6. The number of hydrogen-bond acceptors (Lipinski definition) is 4. The molecule has 0 radical (unpaired) electrons. The van der Waals surface area contributed by atoms with Crippen LogP contribution in [0.25, 0.3) is 0 Å². The minimum atomic E-state index is -0.464. The SMILES string of the molecule is C[C@@H](NC(=O)COC(=O)CCOc1ccccc1)c1ccccc1. The van der Waals surface area contributed by atoms with Gasteiger partial charge < -0.3 is 14.8 Å². The Bertz CT molecular complexity index is 643. The molecule has 0 saturated heterocycles. The van der Waals surface area contributed by atoms with Crippen LogP contribution in [0, 0.1) is 0 Å². The molecule has 0 spiro atoms. The first-order chi connectivity index (χ1) is 11.6. The van der Waals surface area contributed by atoms with Crippen molar-refractivity contribution in [3.8, 4) is 5.75 Å². The Labute approximate surface area is 141 Å². The fraction of sp³-hybridized carbons (Fsp3) is 0.263. The van der Waals surface area contributed by atoms with Crippen molar-refractivity contribution >= 4 is 11.9 Å². The molecule has 0 aliphatic heterocycles. The van der Waals surface area contributed by atoms with Crippen molar-refractivity contribution in [2.45, 2.75) is 19.4 Å². The van der Waals surface area contributed by atoms with Crippen molar-refractivity contribution in [2.75, 3.05) is 13.2 Å². The van der Waals surface area contributed by atoms with Crippen LogP contribution in [-0.4, -0.2) is 25.1 Å². The van der Waals surface area contributed by atoms with Crippen LogP contribution in [0.5, 0.6) is 5.75 Å². The van der Waals surface area contributed by atoms with Gasteiger partial charge in [-0.3, -0.25) is 9.59 Å². The summed E-state index contributed by atoms with van der Waals surface area (Å²) in [6.07, 6.45) is 0.0937. The van der Waals surface area contributed by atoms with E-state index >= 15 is 0 Å². The lowest BCUT2D eigenvalue weighted by atomic mass is 10.1. The van der Waals surface area contributed by atoms with Crippen LogP contribution in [0.1, 0.15) is 24.9 Å². The summed E-state index contributed by atoms with van der Waals surface area (Å²) in [5, 5.41) is 2.79. The highest BCUT2D eigenvalue weighted by atomic mass is 16.5. The molecule has 5 heteroatoms. The highest BCUT2D eigenvalue weighted by Gasteiger charge is 2.11. The first-order valence-corrected chi connectivity index (χ1v) is 7.83. The van der Waals surface area contributed by atoms with Gasteiger partial charge in [0.25, 0.3) is 5.91 Å². The average Bonchev–Trinajstić information content (AvgIpc) is 2.61. The monoisotopic (exact) mass is 327 g/mol. The average molecular weight is 327 g/mol. The zero-order valence-electron chi connectivity index (χ0n) is 13.6. The second kappa shape index (κ2) is 9.35. The molecular weight excluding hydrogens is 306 g/mol. The number of carbonyl (C=O) groups excluding carboxylic acids is 2. The van der Waals surface area contributed by atoms with E-state index in [1.807, 2.05) is 67.6 Å². The maximum Gasteiger partial charge on any atom is 0.309 e. The third kappa shape index (κ3) is 6.12. The molecule has 24 heavy (non-hydrogen) atoms. The molecular formula is C19H21NO4. The van der Waals surface area contributed by atoms with Crippen molar-refractivity contribution in [1.29, 1.82) is 0 Å². The van der Waals surface area contributed by atoms with E-state index in [-0.39, 0.29) is 31.6 Å². The molecule has 0 aliphatic carbocycles. The van der Waals surface area contributed by atoms with Gasteiger partial charge in [0.2, 0.25) is 0 Å². The number of amides is 1. The second-order valence-corrected chi connectivity index (χ2v) is 5.27. The van der Waals surface area contributed by atoms with Gasteiger partial charge in [0, 0.05) is 0 Å². The van der Waals surface area contributed by atoms with Gasteiger partial charge in [-0.1, -0.05) is 48.5 Å². The molecule has 5 nitrogen and oxygen atoms in total. The lowest BCUT2D eigenvalue weighted by Crippen LogP contribution is -2.31. The van der Waals surface area contributed by atoms with Gasteiger partial charge in [0.05, 0.1) is 19.1 Å². The van der Waals surface area contributed by atoms with Gasteiger partial charge in [-0.15, -0.1) is 0 Å². The zero-order chi connectivity index (χ0) is 17.2. The van der Waals surface area contributed by atoms with Crippen molar-refractivity contribution in [3.63, 3.8) is 0 Å². The first kappa shape index (κ1) is 17.5. The van der Waals surface area contributed by atoms with Crippen LogP contribution >= 0.6 is 0 Å². The minimum Gasteiger partial charge on any atom is -0.493 e. The standard InChI is InChI=1S/C19H21NO4/c1-15(16-8-4-2-5-9-16)20-18(21)14-24-19(22)12-13-23-17-10-6-3-7-11-17/h2-11,15H,12-14H2,1H3,(H,20,21)/t15-/m1/s1. The molecule has 0 saturated carbocycles. The maximum atomic E-state index is 11.8. The third-order valence-electron chi connectivity index (χ3n) is 3.36. The lowest BCUT2D eigenvalue weighted by Gasteiger charge is -2.14. The van der Waals surface area contributed by atoms with Gasteiger partial charge in [-0.05, 0) is 24.6 Å². The number of para-hydroxylation sites is 1. The highest BCUT2D eigenvalue weighted by molar-refractivity contribution is 5.80. The van der Waals surface area contributed by atoms with Crippen molar-refractivity contribution in [2.24, 2.45) is 0 Å². The van der Waals surface area contributed by atoms with Crippen LogP contribution in [0.15, 0.2) is 60.7 Å². The van der Waals surface area contributed by atoms with E-state index in [4.69, 9.17) is 9.47 Å². The Morgan fingerprint density at radius 2 is 1.62 bits per heavy atom. The fourth-order valence-electron chi connectivity index (χ4n) is 2.10. The van der Waals surface area contributed by atoms with Gasteiger partial charge >= 0.3 is 5.97 Å². The second-order valence-electron chi connectivity index (χ2n) is 5.27. The predicted octanol–water partition coefficient (Wildman–Crippen LogP) is 2.88. The highest BCUT2D eigenvalue weighted by Crippen LogP contribution is 2.11. The van der Waals surface area contributed by atoms with Crippen LogP contribution in [0.2, 0.25) is 0 Å². The Hall–Kier alpha value is -2.82. The third-order valence-corrected chi connectivity index (χ3v) is 3.36. The Morgan fingerprint density at radius 3 is 2.29 bits per heavy atom. The molecule has 2 rings (SSSR count). The predicted molar refractivity (Wildman–Crippen MR) is 90.5 cm³/mol. The quantitative estimate of drug-likeness (QED) is 0.757. The summed E-state index contributed by atoms with van der Waals surface area (Å²) in [5.41, 5.74) is 0.994. The van der Waals surface area contributed by atoms with E-state index in [2.05, 4.69) is 5.32 Å². The van der Waals surface area contributed by atoms with Gasteiger partial charge in [-0.25, -0.2) is 0 Å². The topological polar surface area (TPSA) is 64.6 Å². The van der Waals surface area contributed by atoms with Crippen LogP contribution in [-0.2, 0) is 14.3 Å². The number of ether oxygens (including phenoxy) is 2. The molecule has 0 aliphatic rings. The number of rotatable bonds is 8. The maximum absolute atomic E-state index is 11.8. The molecule has 0 heterocycles. The number of carbonyl (C=O) groups is 2. The van der Waals surface area contributed by atoms with E-state index in [1.165, 1.54) is 0 Å². The number of benzene rings is 2. The summed E-state index contributed by atoms with van der Waals surface area (Å²) in [6.45, 7) is 1.80. The van der Waals surface area contributed by atoms with Crippen molar-refractivity contribution in [1.82, 2.24) is 5.32 Å². The van der Waals surface area contributed by atoms with Crippen molar-refractivity contribution in [3.05, 3.63) is 66.2 Å². The normalized spacial score (nSPS) is 11.4. The number of esters is 1. The molecule has 1 atom stereocenters. The van der Waals surface area contributed by atoms with E-state index in [0.717, 1.165) is 5.56 Å².